The van der Waals surface area contributed by atoms with E-state index in [1.54, 1.807) is 17.0 Å². The molecule has 1 heterocycles. The Labute approximate surface area is 153 Å². The van der Waals surface area contributed by atoms with Crippen molar-refractivity contribution < 1.29 is 27.5 Å². The number of sulfonamides is 1. The first-order valence-electron chi connectivity index (χ1n) is 8.32. The van der Waals surface area contributed by atoms with Crippen LogP contribution in [0.5, 0.6) is 0 Å². The number of morpholine rings is 1. The molecule has 8 nitrogen and oxygen atoms in total. The minimum atomic E-state index is -3.81. The first kappa shape index (κ1) is 20.3. The maximum absolute atomic E-state index is 12.1. The van der Waals surface area contributed by atoms with Gasteiger partial charge in [0.1, 0.15) is 6.54 Å². The number of nitrogens with one attached hydrogen (secondary N) is 1. The normalized spacial score (nSPS) is 20.7. The van der Waals surface area contributed by atoms with Crippen molar-refractivity contribution in [1.29, 1.82) is 0 Å². The van der Waals surface area contributed by atoms with E-state index in [1.807, 2.05) is 20.8 Å². The zero-order valence-corrected chi connectivity index (χ0v) is 15.9. The van der Waals surface area contributed by atoms with Gasteiger partial charge in [0, 0.05) is 13.1 Å². The van der Waals surface area contributed by atoms with Gasteiger partial charge in [0.2, 0.25) is 10.0 Å². The number of hydrogen-bond acceptors (Lipinski definition) is 6. The van der Waals surface area contributed by atoms with Crippen LogP contribution in [0.3, 0.4) is 0 Å². The Hall–Kier alpha value is -1.97. The fourth-order valence-corrected chi connectivity index (χ4v) is 3.59. The first-order valence-corrected chi connectivity index (χ1v) is 9.81. The molecule has 1 saturated heterocycles. The molecule has 1 N–H and O–H groups in total. The largest absolute Gasteiger partial charge is 0.455 e. The predicted octanol–water partition coefficient (Wildman–Crippen LogP) is 0.452. The van der Waals surface area contributed by atoms with Gasteiger partial charge in [0.25, 0.3) is 5.91 Å². The summed E-state index contributed by atoms with van der Waals surface area (Å²) in [5.41, 5.74) is 0.925. The molecular formula is C17H24N2O6S. The number of carbonyl (C=O) groups excluding carboxylic acids is 2. The topological polar surface area (TPSA) is 102 Å². The van der Waals surface area contributed by atoms with Crippen LogP contribution in [0.2, 0.25) is 0 Å². The molecule has 0 radical (unpaired) electrons. The Bertz CT molecular complexity index is 737. The molecule has 1 aliphatic heterocycles. The van der Waals surface area contributed by atoms with Crippen LogP contribution in [0.4, 0.5) is 0 Å². The smallest absolute Gasteiger partial charge is 0.321 e. The summed E-state index contributed by atoms with van der Waals surface area (Å²) in [5.74, 6) is -1.15. The van der Waals surface area contributed by atoms with E-state index in [9.17, 15) is 18.0 Å². The van der Waals surface area contributed by atoms with Crippen LogP contribution >= 0.6 is 0 Å². The number of ether oxygens (including phenoxy) is 2. The van der Waals surface area contributed by atoms with Gasteiger partial charge < -0.3 is 14.4 Å². The van der Waals surface area contributed by atoms with Crippen molar-refractivity contribution in [2.24, 2.45) is 0 Å². The zero-order valence-electron chi connectivity index (χ0n) is 15.1. The van der Waals surface area contributed by atoms with Gasteiger partial charge in [-0.15, -0.1) is 0 Å². The van der Waals surface area contributed by atoms with E-state index in [0.717, 1.165) is 5.56 Å². The third-order valence-electron chi connectivity index (χ3n) is 3.87. The van der Waals surface area contributed by atoms with Crippen molar-refractivity contribution in [3.8, 4) is 0 Å². The maximum atomic E-state index is 12.1. The van der Waals surface area contributed by atoms with Crippen molar-refractivity contribution in [3.63, 3.8) is 0 Å². The summed E-state index contributed by atoms with van der Waals surface area (Å²) in [5, 5.41) is 0. The molecule has 9 heteroatoms. The van der Waals surface area contributed by atoms with E-state index < -0.39 is 29.1 Å². The van der Waals surface area contributed by atoms with Gasteiger partial charge in [0.05, 0.1) is 17.1 Å². The average molecular weight is 384 g/mol. The summed E-state index contributed by atoms with van der Waals surface area (Å²) in [6.07, 6.45) is -0.167. The summed E-state index contributed by atoms with van der Waals surface area (Å²) in [4.78, 5) is 25.5. The van der Waals surface area contributed by atoms with Crippen LogP contribution in [0.25, 0.3) is 0 Å². The standard InChI is InChI=1S/C17H24N2O6S/c1-12-4-6-15(7-5-12)26(22,23)18-8-17(21)24-11-16(20)19-9-13(2)25-14(3)10-19/h4-7,13-14,18H,8-11H2,1-3H3/t13-,14-/m0/s1. The molecule has 0 unspecified atom stereocenters. The average Bonchev–Trinajstić information content (AvgIpc) is 2.57. The fraction of sp³-hybridized carbons (Fsp3) is 0.529. The predicted molar refractivity (Wildman–Crippen MR) is 93.9 cm³/mol. The highest BCUT2D eigenvalue weighted by atomic mass is 32.2. The van der Waals surface area contributed by atoms with Crippen molar-refractivity contribution in [2.45, 2.75) is 37.9 Å². The Balaban J connectivity index is 1.79. The summed E-state index contributed by atoms with van der Waals surface area (Å²) in [7, 11) is -3.81. The number of rotatable bonds is 6. The molecule has 1 aromatic carbocycles. The van der Waals surface area contributed by atoms with E-state index in [4.69, 9.17) is 9.47 Å². The molecular weight excluding hydrogens is 360 g/mol. The second-order valence-electron chi connectivity index (χ2n) is 6.35. The number of hydrogen-bond donors (Lipinski definition) is 1. The second-order valence-corrected chi connectivity index (χ2v) is 8.12. The Morgan fingerprint density at radius 3 is 2.35 bits per heavy atom. The van der Waals surface area contributed by atoms with Crippen LogP contribution in [0.15, 0.2) is 29.2 Å². The van der Waals surface area contributed by atoms with Crippen molar-refractivity contribution in [2.75, 3.05) is 26.2 Å². The van der Waals surface area contributed by atoms with E-state index in [2.05, 4.69) is 4.72 Å². The lowest BCUT2D eigenvalue weighted by atomic mass is 10.2. The molecule has 1 aliphatic rings. The lowest BCUT2D eigenvalue weighted by Gasteiger charge is -2.35. The maximum Gasteiger partial charge on any atom is 0.321 e. The quantitative estimate of drug-likeness (QED) is 0.715. The molecule has 2 rings (SSSR count). The van der Waals surface area contributed by atoms with E-state index >= 15 is 0 Å². The SMILES string of the molecule is Cc1ccc(S(=O)(=O)NCC(=O)OCC(=O)N2C[C@H](C)O[C@@H](C)C2)cc1. The molecule has 26 heavy (non-hydrogen) atoms. The number of nitrogens with zero attached hydrogens (tertiary/aromatic N) is 1. The molecule has 2 atom stereocenters. The zero-order chi connectivity index (χ0) is 19.3. The molecule has 0 aromatic heterocycles. The molecule has 144 valence electrons. The highest BCUT2D eigenvalue weighted by Gasteiger charge is 2.26. The van der Waals surface area contributed by atoms with Gasteiger partial charge in [-0.25, -0.2) is 8.42 Å². The number of esters is 1. The van der Waals surface area contributed by atoms with Crippen LogP contribution in [0, 0.1) is 6.92 Å². The number of carbonyl (C=O) groups is 2. The Kier molecular flexibility index (Phi) is 6.74. The molecule has 1 aromatic rings. The van der Waals surface area contributed by atoms with Crippen LogP contribution in [-0.4, -0.2) is 63.6 Å². The highest BCUT2D eigenvalue weighted by Crippen LogP contribution is 2.11. The second kappa shape index (κ2) is 8.61. The third kappa shape index (κ3) is 5.79. The summed E-state index contributed by atoms with van der Waals surface area (Å²) in [6, 6.07) is 6.23. The summed E-state index contributed by atoms with van der Waals surface area (Å²) >= 11 is 0. The summed E-state index contributed by atoms with van der Waals surface area (Å²) < 4.78 is 36.8. The van der Waals surface area contributed by atoms with Crippen LogP contribution in [0.1, 0.15) is 19.4 Å². The first-order chi connectivity index (χ1) is 12.2. The van der Waals surface area contributed by atoms with Crippen molar-refractivity contribution in [3.05, 3.63) is 29.8 Å². The highest BCUT2D eigenvalue weighted by molar-refractivity contribution is 7.89. The van der Waals surface area contributed by atoms with Gasteiger partial charge in [0.15, 0.2) is 6.61 Å². The van der Waals surface area contributed by atoms with Crippen LogP contribution < -0.4 is 4.72 Å². The van der Waals surface area contributed by atoms with Crippen LogP contribution in [-0.2, 0) is 29.1 Å². The number of aryl methyl sites for hydroxylation is 1. The van der Waals surface area contributed by atoms with Gasteiger partial charge in [-0.3, -0.25) is 9.59 Å². The molecule has 0 spiro atoms. The lowest BCUT2D eigenvalue weighted by molar-refractivity contribution is -0.156. The fourth-order valence-electron chi connectivity index (χ4n) is 2.62. The van der Waals surface area contributed by atoms with Gasteiger partial charge >= 0.3 is 5.97 Å². The molecule has 0 bridgehead atoms. The van der Waals surface area contributed by atoms with Crippen molar-refractivity contribution >= 4 is 21.9 Å². The van der Waals surface area contributed by atoms with Gasteiger partial charge in [-0.1, -0.05) is 17.7 Å². The van der Waals surface area contributed by atoms with E-state index in [0.29, 0.717) is 13.1 Å². The third-order valence-corrected chi connectivity index (χ3v) is 5.28. The minimum Gasteiger partial charge on any atom is -0.455 e. The Morgan fingerprint density at radius 2 is 1.77 bits per heavy atom. The lowest BCUT2D eigenvalue weighted by Crippen LogP contribution is -2.49. The van der Waals surface area contributed by atoms with E-state index in [-0.39, 0.29) is 23.0 Å². The van der Waals surface area contributed by atoms with Gasteiger partial charge in [-0.2, -0.15) is 4.72 Å². The molecule has 1 amide bonds. The monoisotopic (exact) mass is 384 g/mol. The molecule has 0 saturated carbocycles. The molecule has 1 fully saturated rings. The molecule has 0 aliphatic carbocycles. The van der Waals surface area contributed by atoms with Gasteiger partial charge in [-0.05, 0) is 32.9 Å². The minimum absolute atomic E-state index is 0.0586. The number of benzene rings is 1. The Morgan fingerprint density at radius 1 is 1.19 bits per heavy atom. The van der Waals surface area contributed by atoms with E-state index in [1.165, 1.54) is 12.1 Å². The number of amides is 1. The summed E-state index contributed by atoms with van der Waals surface area (Å²) in [6.45, 7) is 5.46. The van der Waals surface area contributed by atoms with Crippen molar-refractivity contribution in [1.82, 2.24) is 9.62 Å².